The van der Waals surface area contributed by atoms with Gasteiger partial charge >= 0.3 is 0 Å². The first-order valence-electron chi connectivity index (χ1n) is 9.63. The van der Waals surface area contributed by atoms with Crippen molar-refractivity contribution in [3.05, 3.63) is 65.5 Å². The second-order valence-corrected chi connectivity index (χ2v) is 5.56. The van der Waals surface area contributed by atoms with Crippen LogP contribution in [0.2, 0.25) is 0 Å². The number of oxazole rings is 1. The molecule has 0 unspecified atom stereocenters. The van der Waals surface area contributed by atoms with E-state index in [-0.39, 0.29) is 0 Å². The average molecular weight is 369 g/mol. The topological polar surface area (TPSA) is 61.3 Å². The number of ether oxygens (including phenoxy) is 1. The van der Waals surface area contributed by atoms with Gasteiger partial charge in [0.2, 0.25) is 5.89 Å². The third kappa shape index (κ3) is 6.81. The Morgan fingerprint density at radius 3 is 2.07 bits per heavy atom. The Labute approximate surface area is 163 Å². The van der Waals surface area contributed by atoms with Gasteiger partial charge in [0.05, 0.1) is 12.3 Å². The number of benzene rings is 2. The van der Waals surface area contributed by atoms with Crippen LogP contribution in [0.4, 0.5) is 5.69 Å². The molecule has 0 fully saturated rings. The highest BCUT2D eigenvalue weighted by Gasteiger charge is 2.11. The van der Waals surface area contributed by atoms with Gasteiger partial charge in [-0.1, -0.05) is 45.4 Å². The predicted octanol–water partition coefficient (Wildman–Crippen LogP) is 6.21. The highest BCUT2D eigenvalue weighted by atomic mass is 16.5. The molecule has 27 heavy (non-hydrogen) atoms. The molecular weight excluding hydrogens is 336 g/mol. The zero-order valence-electron chi connectivity index (χ0n) is 17.4. The summed E-state index contributed by atoms with van der Waals surface area (Å²) in [6.45, 7) is 12.5. The summed E-state index contributed by atoms with van der Waals surface area (Å²) in [6.07, 6.45) is 0.700. The zero-order chi connectivity index (χ0) is 20.2. The SMILES string of the molecule is CC.CC.Cc1ccc(-c2nc(CCOc3ccc(N)cc3)c(C)o2)cc1. The van der Waals surface area contributed by atoms with Gasteiger partial charge in [-0.25, -0.2) is 4.98 Å². The molecule has 146 valence electrons. The largest absolute Gasteiger partial charge is 0.493 e. The number of nitrogen functional groups attached to an aromatic ring is 1. The molecule has 0 saturated carbocycles. The van der Waals surface area contributed by atoms with Crippen LogP contribution in [0.25, 0.3) is 11.5 Å². The lowest BCUT2D eigenvalue weighted by atomic mass is 10.1. The zero-order valence-corrected chi connectivity index (χ0v) is 17.4. The van der Waals surface area contributed by atoms with Crippen LogP contribution < -0.4 is 10.5 Å². The van der Waals surface area contributed by atoms with E-state index >= 15 is 0 Å². The number of aryl methyl sites for hydroxylation is 2. The van der Waals surface area contributed by atoms with Gasteiger partial charge in [0, 0.05) is 17.7 Å². The molecule has 1 heterocycles. The van der Waals surface area contributed by atoms with E-state index in [9.17, 15) is 0 Å². The molecule has 0 atom stereocenters. The minimum absolute atomic E-state index is 0.546. The van der Waals surface area contributed by atoms with Gasteiger partial charge in [-0.3, -0.25) is 0 Å². The number of anilines is 1. The lowest BCUT2D eigenvalue weighted by Crippen LogP contribution is -2.02. The van der Waals surface area contributed by atoms with E-state index in [1.807, 2.05) is 71.0 Å². The van der Waals surface area contributed by atoms with Crippen molar-refractivity contribution in [3.63, 3.8) is 0 Å². The third-order valence-corrected chi connectivity index (χ3v) is 3.68. The maximum atomic E-state index is 5.78. The van der Waals surface area contributed by atoms with E-state index in [0.29, 0.717) is 18.9 Å². The third-order valence-electron chi connectivity index (χ3n) is 3.68. The van der Waals surface area contributed by atoms with Crippen LogP contribution in [0.5, 0.6) is 5.75 Å². The molecular formula is C23H32N2O2. The smallest absolute Gasteiger partial charge is 0.226 e. The van der Waals surface area contributed by atoms with Crippen molar-refractivity contribution in [2.24, 2.45) is 0 Å². The van der Waals surface area contributed by atoms with Crippen molar-refractivity contribution >= 4 is 5.69 Å². The fraction of sp³-hybridized carbons (Fsp3) is 0.348. The first-order chi connectivity index (χ1) is 13.1. The quantitative estimate of drug-likeness (QED) is 0.543. The van der Waals surface area contributed by atoms with Crippen LogP contribution in [-0.4, -0.2) is 11.6 Å². The molecule has 3 rings (SSSR count). The fourth-order valence-electron chi connectivity index (χ4n) is 2.31. The molecule has 0 radical (unpaired) electrons. The van der Waals surface area contributed by atoms with Crippen LogP contribution in [0.1, 0.15) is 44.7 Å². The van der Waals surface area contributed by atoms with Crippen molar-refractivity contribution in [2.75, 3.05) is 12.3 Å². The van der Waals surface area contributed by atoms with Gasteiger partial charge in [-0.15, -0.1) is 0 Å². The molecule has 1 aromatic heterocycles. The Hall–Kier alpha value is -2.75. The minimum atomic E-state index is 0.546. The predicted molar refractivity (Wildman–Crippen MR) is 114 cm³/mol. The number of nitrogens with zero attached hydrogens (tertiary/aromatic N) is 1. The number of nitrogens with two attached hydrogens (primary N) is 1. The maximum absolute atomic E-state index is 5.78. The van der Waals surface area contributed by atoms with Crippen molar-refractivity contribution in [2.45, 2.75) is 48.0 Å². The number of hydrogen-bond donors (Lipinski definition) is 1. The Kier molecular flexibility index (Phi) is 9.73. The molecule has 0 aliphatic rings. The molecule has 2 N–H and O–H groups in total. The molecule has 4 nitrogen and oxygen atoms in total. The molecule has 0 aliphatic carbocycles. The highest BCUT2D eigenvalue weighted by Crippen LogP contribution is 2.22. The minimum Gasteiger partial charge on any atom is -0.493 e. The Morgan fingerprint density at radius 1 is 0.889 bits per heavy atom. The molecule has 4 heteroatoms. The lowest BCUT2D eigenvalue weighted by Gasteiger charge is -2.05. The maximum Gasteiger partial charge on any atom is 0.226 e. The summed E-state index contributed by atoms with van der Waals surface area (Å²) >= 11 is 0. The molecule has 3 aromatic rings. The van der Waals surface area contributed by atoms with E-state index in [0.717, 1.165) is 28.5 Å². The van der Waals surface area contributed by atoms with Crippen molar-refractivity contribution in [3.8, 4) is 17.2 Å². The van der Waals surface area contributed by atoms with Gasteiger partial charge < -0.3 is 14.9 Å². The molecule has 0 amide bonds. The number of rotatable bonds is 5. The monoisotopic (exact) mass is 368 g/mol. The first kappa shape index (κ1) is 22.3. The average Bonchev–Trinajstić information content (AvgIpc) is 3.08. The van der Waals surface area contributed by atoms with Gasteiger partial charge in [0.25, 0.3) is 0 Å². The van der Waals surface area contributed by atoms with E-state index in [2.05, 4.69) is 24.0 Å². The standard InChI is InChI=1S/C19H20N2O2.2C2H6/c1-13-3-5-15(6-4-13)19-21-18(14(2)23-19)11-12-22-17-9-7-16(20)8-10-17;2*1-2/h3-10H,11-12,20H2,1-2H3;2*1-2H3. The van der Waals surface area contributed by atoms with E-state index < -0.39 is 0 Å². The van der Waals surface area contributed by atoms with Crippen LogP contribution >= 0.6 is 0 Å². The van der Waals surface area contributed by atoms with Crippen LogP contribution in [-0.2, 0) is 6.42 Å². The first-order valence-corrected chi connectivity index (χ1v) is 9.63. The van der Waals surface area contributed by atoms with Crippen LogP contribution in [0.15, 0.2) is 52.9 Å². The van der Waals surface area contributed by atoms with Crippen molar-refractivity contribution in [1.29, 1.82) is 0 Å². The summed E-state index contributed by atoms with van der Waals surface area (Å²) < 4.78 is 11.5. The molecule has 2 aromatic carbocycles. The summed E-state index contributed by atoms with van der Waals surface area (Å²) in [5.41, 5.74) is 9.52. The van der Waals surface area contributed by atoms with Gasteiger partial charge in [-0.05, 0) is 50.2 Å². The Bertz CT molecular complexity index is 775. The van der Waals surface area contributed by atoms with Gasteiger partial charge in [0.15, 0.2) is 0 Å². The lowest BCUT2D eigenvalue weighted by molar-refractivity contribution is 0.320. The Balaban J connectivity index is 0.000000855. The van der Waals surface area contributed by atoms with Gasteiger partial charge in [-0.2, -0.15) is 0 Å². The summed E-state index contributed by atoms with van der Waals surface area (Å²) in [5, 5.41) is 0. The summed E-state index contributed by atoms with van der Waals surface area (Å²) in [6, 6.07) is 15.5. The van der Waals surface area contributed by atoms with E-state index in [1.165, 1.54) is 5.56 Å². The van der Waals surface area contributed by atoms with Crippen molar-refractivity contribution in [1.82, 2.24) is 4.98 Å². The van der Waals surface area contributed by atoms with Gasteiger partial charge in [0.1, 0.15) is 11.5 Å². The summed E-state index contributed by atoms with van der Waals surface area (Å²) in [5.74, 6) is 2.30. The molecule has 0 spiro atoms. The molecule has 0 aliphatic heterocycles. The second kappa shape index (κ2) is 11.8. The van der Waals surface area contributed by atoms with E-state index in [4.69, 9.17) is 14.9 Å². The summed E-state index contributed by atoms with van der Waals surface area (Å²) in [7, 11) is 0. The number of hydrogen-bond acceptors (Lipinski definition) is 4. The van der Waals surface area contributed by atoms with Crippen LogP contribution in [0.3, 0.4) is 0 Å². The summed E-state index contributed by atoms with van der Waals surface area (Å²) in [4.78, 5) is 4.59. The normalized spacial score (nSPS) is 9.56. The second-order valence-electron chi connectivity index (χ2n) is 5.56. The van der Waals surface area contributed by atoms with Crippen LogP contribution in [0, 0.1) is 13.8 Å². The Morgan fingerprint density at radius 2 is 1.48 bits per heavy atom. The van der Waals surface area contributed by atoms with Crippen molar-refractivity contribution < 1.29 is 9.15 Å². The fourth-order valence-corrected chi connectivity index (χ4v) is 2.31. The van der Waals surface area contributed by atoms with E-state index in [1.54, 1.807) is 0 Å². The highest BCUT2D eigenvalue weighted by molar-refractivity contribution is 5.54. The molecule has 0 bridgehead atoms. The molecule has 0 saturated heterocycles. The number of aromatic nitrogens is 1.